The van der Waals surface area contributed by atoms with E-state index in [1.807, 2.05) is 6.07 Å². The van der Waals surface area contributed by atoms with E-state index in [0.29, 0.717) is 17.7 Å². The van der Waals surface area contributed by atoms with Crippen molar-refractivity contribution in [3.05, 3.63) is 70.8 Å². The van der Waals surface area contributed by atoms with E-state index in [9.17, 15) is 18.0 Å². The summed E-state index contributed by atoms with van der Waals surface area (Å²) in [5.74, 6) is -0.298. The van der Waals surface area contributed by atoms with Crippen LogP contribution in [0.15, 0.2) is 48.5 Å². The highest BCUT2D eigenvalue weighted by Crippen LogP contribution is 2.29. The molecule has 122 valence electrons. The number of benzene rings is 2. The molecule has 0 heterocycles. The zero-order valence-corrected chi connectivity index (χ0v) is 12.5. The van der Waals surface area contributed by atoms with Crippen LogP contribution >= 0.6 is 0 Å². The first-order chi connectivity index (χ1) is 10.8. The predicted molar refractivity (Wildman–Crippen MR) is 81.7 cm³/mol. The van der Waals surface area contributed by atoms with Gasteiger partial charge in [0.1, 0.15) is 0 Å². The first-order valence-electron chi connectivity index (χ1n) is 7.08. The first kappa shape index (κ1) is 17.0. The van der Waals surface area contributed by atoms with E-state index < -0.39 is 17.8 Å². The van der Waals surface area contributed by atoms with Crippen LogP contribution in [0.2, 0.25) is 0 Å². The molecule has 3 nitrogen and oxygen atoms in total. The van der Waals surface area contributed by atoms with Gasteiger partial charge in [0.15, 0.2) is 0 Å². The molecule has 6 heteroatoms. The van der Waals surface area contributed by atoms with Crippen molar-refractivity contribution in [2.24, 2.45) is 5.73 Å². The fraction of sp³-hybridized carbons (Fsp3) is 0.235. The number of halogens is 3. The molecule has 0 aliphatic heterocycles. The van der Waals surface area contributed by atoms with Gasteiger partial charge >= 0.3 is 6.18 Å². The summed E-state index contributed by atoms with van der Waals surface area (Å²) in [7, 11) is 0. The van der Waals surface area contributed by atoms with Gasteiger partial charge in [-0.1, -0.05) is 24.3 Å². The van der Waals surface area contributed by atoms with Gasteiger partial charge < -0.3 is 11.1 Å². The van der Waals surface area contributed by atoms with E-state index in [0.717, 1.165) is 17.7 Å². The molecule has 0 saturated heterocycles. The Morgan fingerprint density at radius 2 is 1.83 bits per heavy atom. The number of hydrogen-bond acceptors (Lipinski definition) is 2. The van der Waals surface area contributed by atoms with Crippen molar-refractivity contribution in [3.63, 3.8) is 0 Å². The topological polar surface area (TPSA) is 55.1 Å². The van der Waals surface area contributed by atoms with Gasteiger partial charge in [0.25, 0.3) is 5.91 Å². The van der Waals surface area contributed by atoms with Crippen LogP contribution in [0.3, 0.4) is 0 Å². The van der Waals surface area contributed by atoms with Crippen molar-refractivity contribution in [2.75, 3.05) is 0 Å². The number of hydrogen-bond donors (Lipinski definition) is 2. The second-order valence-electron chi connectivity index (χ2n) is 5.22. The maximum absolute atomic E-state index is 12.5. The number of amides is 1. The molecule has 0 bridgehead atoms. The molecule has 0 aliphatic carbocycles. The van der Waals surface area contributed by atoms with Gasteiger partial charge in [0.05, 0.1) is 11.6 Å². The molecular weight excluding hydrogens is 305 g/mol. The lowest BCUT2D eigenvalue weighted by Gasteiger charge is -2.16. The van der Waals surface area contributed by atoms with Crippen LogP contribution in [-0.2, 0) is 12.7 Å². The smallest absolute Gasteiger partial charge is 0.346 e. The predicted octanol–water partition coefficient (Wildman–Crippen LogP) is 3.66. The minimum atomic E-state index is -4.37. The molecule has 2 aromatic rings. The Kier molecular flexibility index (Phi) is 5.05. The van der Waals surface area contributed by atoms with Crippen molar-refractivity contribution in [1.82, 2.24) is 5.32 Å². The fourth-order valence-electron chi connectivity index (χ4n) is 2.16. The summed E-state index contributed by atoms with van der Waals surface area (Å²) in [6.45, 7) is 2.04. The van der Waals surface area contributed by atoms with E-state index in [-0.39, 0.29) is 5.91 Å². The third-order valence-electron chi connectivity index (χ3n) is 3.51. The summed E-state index contributed by atoms with van der Waals surface area (Å²) in [6, 6.07) is 11.2. The van der Waals surface area contributed by atoms with Crippen molar-refractivity contribution < 1.29 is 18.0 Å². The summed E-state index contributed by atoms with van der Waals surface area (Å²) in [5.41, 5.74) is 6.72. The highest BCUT2D eigenvalue weighted by molar-refractivity contribution is 5.94. The summed E-state index contributed by atoms with van der Waals surface area (Å²) < 4.78 is 37.6. The minimum Gasteiger partial charge on any atom is -0.346 e. The van der Waals surface area contributed by atoms with Crippen molar-refractivity contribution >= 4 is 5.91 Å². The van der Waals surface area contributed by atoms with Gasteiger partial charge in [0, 0.05) is 12.1 Å². The monoisotopic (exact) mass is 322 g/mol. The zero-order chi connectivity index (χ0) is 17.0. The molecule has 1 atom stereocenters. The Hall–Kier alpha value is -2.34. The Balaban J connectivity index is 2.09. The van der Waals surface area contributed by atoms with E-state index in [1.165, 1.54) is 12.1 Å². The number of nitrogens with one attached hydrogen (secondary N) is 1. The molecular formula is C17H17F3N2O. The van der Waals surface area contributed by atoms with Gasteiger partial charge in [-0.2, -0.15) is 13.2 Å². The van der Waals surface area contributed by atoms with Crippen molar-refractivity contribution in [1.29, 1.82) is 0 Å². The van der Waals surface area contributed by atoms with Crippen molar-refractivity contribution in [2.45, 2.75) is 25.7 Å². The second kappa shape index (κ2) is 6.83. The molecule has 23 heavy (non-hydrogen) atoms. The van der Waals surface area contributed by atoms with E-state index in [2.05, 4.69) is 5.32 Å². The van der Waals surface area contributed by atoms with Gasteiger partial charge in [-0.3, -0.25) is 4.79 Å². The Morgan fingerprint density at radius 1 is 1.17 bits per heavy atom. The summed E-state index contributed by atoms with van der Waals surface area (Å²) >= 11 is 0. The Morgan fingerprint density at radius 3 is 2.39 bits per heavy atom. The number of alkyl halides is 3. The highest BCUT2D eigenvalue weighted by atomic mass is 19.4. The van der Waals surface area contributed by atoms with E-state index in [1.54, 1.807) is 25.1 Å². The van der Waals surface area contributed by atoms with Crippen molar-refractivity contribution in [3.8, 4) is 0 Å². The first-order valence-corrected chi connectivity index (χ1v) is 7.08. The third-order valence-corrected chi connectivity index (χ3v) is 3.51. The SMILES string of the molecule is C[C@H](NC(=O)c1cccc(CN)c1)c1ccc(C(F)(F)F)cc1. The molecule has 2 rings (SSSR count). The molecule has 0 spiro atoms. The lowest BCUT2D eigenvalue weighted by molar-refractivity contribution is -0.137. The van der Waals surface area contributed by atoms with Crippen LogP contribution < -0.4 is 11.1 Å². The summed E-state index contributed by atoms with van der Waals surface area (Å²) in [4.78, 5) is 12.2. The Labute approximate surface area is 132 Å². The molecule has 1 amide bonds. The molecule has 0 saturated carbocycles. The lowest BCUT2D eigenvalue weighted by Crippen LogP contribution is -2.26. The fourth-order valence-corrected chi connectivity index (χ4v) is 2.16. The number of rotatable bonds is 4. The average Bonchev–Trinajstić information content (AvgIpc) is 2.54. The van der Waals surface area contributed by atoms with Crippen LogP contribution in [0.25, 0.3) is 0 Å². The van der Waals surface area contributed by atoms with Crippen LogP contribution in [-0.4, -0.2) is 5.91 Å². The van der Waals surface area contributed by atoms with E-state index in [4.69, 9.17) is 5.73 Å². The quantitative estimate of drug-likeness (QED) is 0.902. The van der Waals surface area contributed by atoms with Crippen LogP contribution in [0.4, 0.5) is 13.2 Å². The molecule has 0 fully saturated rings. The molecule has 2 aromatic carbocycles. The van der Waals surface area contributed by atoms with Gasteiger partial charge in [-0.05, 0) is 42.3 Å². The lowest BCUT2D eigenvalue weighted by atomic mass is 10.0. The largest absolute Gasteiger partial charge is 0.416 e. The number of carbonyl (C=O) groups is 1. The van der Waals surface area contributed by atoms with Crippen LogP contribution in [0.1, 0.15) is 40.0 Å². The molecule has 0 aliphatic rings. The average molecular weight is 322 g/mol. The standard InChI is InChI=1S/C17H17F3N2O/c1-11(13-5-7-15(8-6-13)17(18,19)20)22-16(23)14-4-2-3-12(9-14)10-21/h2-9,11H,10,21H2,1H3,(H,22,23)/t11-/m0/s1. The number of carbonyl (C=O) groups excluding carboxylic acids is 1. The number of nitrogens with two attached hydrogens (primary N) is 1. The van der Waals surface area contributed by atoms with E-state index >= 15 is 0 Å². The molecule has 0 unspecified atom stereocenters. The minimum absolute atomic E-state index is 0.298. The molecule has 0 aromatic heterocycles. The Bertz CT molecular complexity index is 681. The normalized spacial score (nSPS) is 12.7. The van der Waals surface area contributed by atoms with Gasteiger partial charge in [0.2, 0.25) is 0 Å². The van der Waals surface area contributed by atoms with Crippen LogP contribution in [0, 0.1) is 0 Å². The summed E-state index contributed by atoms with van der Waals surface area (Å²) in [5, 5.41) is 2.76. The highest BCUT2D eigenvalue weighted by Gasteiger charge is 2.30. The zero-order valence-electron chi connectivity index (χ0n) is 12.5. The maximum Gasteiger partial charge on any atom is 0.416 e. The molecule has 3 N–H and O–H groups in total. The molecule has 0 radical (unpaired) electrons. The third kappa shape index (κ3) is 4.32. The second-order valence-corrected chi connectivity index (χ2v) is 5.22. The van der Waals surface area contributed by atoms with Gasteiger partial charge in [-0.15, -0.1) is 0 Å². The van der Waals surface area contributed by atoms with Crippen LogP contribution in [0.5, 0.6) is 0 Å². The van der Waals surface area contributed by atoms with Gasteiger partial charge in [-0.25, -0.2) is 0 Å². The summed E-state index contributed by atoms with van der Waals surface area (Å²) in [6.07, 6.45) is -4.37. The maximum atomic E-state index is 12.5.